The van der Waals surface area contributed by atoms with E-state index in [1.807, 2.05) is 18.2 Å². The first kappa shape index (κ1) is 13.7. The van der Waals surface area contributed by atoms with E-state index in [1.165, 1.54) is 0 Å². The molecule has 1 unspecified atom stereocenters. The average Bonchev–Trinajstić information content (AvgIpc) is 3.19. The van der Waals surface area contributed by atoms with Crippen molar-refractivity contribution in [1.29, 1.82) is 0 Å². The van der Waals surface area contributed by atoms with Gasteiger partial charge in [0.1, 0.15) is 10.8 Å². The SMILES string of the molecule is Nc1nc2ccccc2cc1-c1nc(CC2CCOC2)cs1. The molecule has 22 heavy (non-hydrogen) atoms. The molecule has 1 aromatic carbocycles. The minimum Gasteiger partial charge on any atom is -0.383 e. The molecule has 3 heterocycles. The second-order valence-corrected chi connectivity index (χ2v) is 6.55. The molecular weight excluding hydrogens is 294 g/mol. The Balaban J connectivity index is 1.66. The highest BCUT2D eigenvalue weighted by Gasteiger charge is 2.18. The standard InChI is InChI=1S/C17H17N3OS/c18-16-14(8-12-3-1-2-4-15(12)20-16)17-19-13(10-22-17)7-11-5-6-21-9-11/h1-4,8,10-11H,5-7,9H2,(H2,18,20). The Morgan fingerprint density at radius 1 is 1.27 bits per heavy atom. The van der Waals surface area contributed by atoms with E-state index in [0.29, 0.717) is 11.7 Å². The van der Waals surface area contributed by atoms with Gasteiger partial charge in [-0.2, -0.15) is 0 Å². The van der Waals surface area contributed by atoms with E-state index < -0.39 is 0 Å². The van der Waals surface area contributed by atoms with Gasteiger partial charge in [-0.05, 0) is 30.9 Å². The number of pyridine rings is 1. The van der Waals surface area contributed by atoms with Crippen LogP contribution >= 0.6 is 11.3 Å². The second kappa shape index (κ2) is 5.66. The fourth-order valence-electron chi connectivity index (χ4n) is 2.87. The van der Waals surface area contributed by atoms with Crippen LogP contribution in [0.25, 0.3) is 21.5 Å². The summed E-state index contributed by atoms with van der Waals surface area (Å²) in [6.45, 7) is 1.73. The third-order valence-corrected chi connectivity index (χ3v) is 4.98. The van der Waals surface area contributed by atoms with Gasteiger partial charge in [0, 0.05) is 24.0 Å². The predicted octanol–water partition coefficient (Wildman–Crippen LogP) is 3.52. The minimum absolute atomic E-state index is 0.545. The van der Waals surface area contributed by atoms with Crippen LogP contribution in [0.5, 0.6) is 0 Å². The lowest BCUT2D eigenvalue weighted by atomic mass is 10.0. The molecule has 2 aromatic heterocycles. The van der Waals surface area contributed by atoms with Gasteiger partial charge in [-0.3, -0.25) is 0 Å². The van der Waals surface area contributed by atoms with Crippen molar-refractivity contribution in [2.75, 3.05) is 18.9 Å². The summed E-state index contributed by atoms with van der Waals surface area (Å²) in [4.78, 5) is 9.24. The van der Waals surface area contributed by atoms with Crippen molar-refractivity contribution in [1.82, 2.24) is 9.97 Å². The molecule has 4 nitrogen and oxygen atoms in total. The number of thiazole rings is 1. The lowest BCUT2D eigenvalue weighted by Crippen LogP contribution is -2.03. The molecule has 0 radical (unpaired) electrons. The molecule has 0 amide bonds. The summed E-state index contributed by atoms with van der Waals surface area (Å²) in [6, 6.07) is 10.1. The van der Waals surface area contributed by atoms with Crippen LogP contribution in [0.2, 0.25) is 0 Å². The summed E-state index contributed by atoms with van der Waals surface area (Å²) in [7, 11) is 0. The first-order chi connectivity index (χ1) is 10.8. The van der Waals surface area contributed by atoms with Crippen LogP contribution < -0.4 is 5.73 Å². The molecule has 0 spiro atoms. The molecule has 2 N–H and O–H groups in total. The number of ether oxygens (including phenoxy) is 1. The van der Waals surface area contributed by atoms with E-state index >= 15 is 0 Å². The molecule has 1 fully saturated rings. The number of nitrogen functional groups attached to an aromatic ring is 1. The molecule has 0 bridgehead atoms. The van der Waals surface area contributed by atoms with Gasteiger partial charge in [0.15, 0.2) is 0 Å². The van der Waals surface area contributed by atoms with Gasteiger partial charge in [0.2, 0.25) is 0 Å². The van der Waals surface area contributed by atoms with E-state index in [9.17, 15) is 0 Å². The van der Waals surface area contributed by atoms with Crippen LogP contribution in [0.4, 0.5) is 5.82 Å². The van der Waals surface area contributed by atoms with Gasteiger partial charge in [-0.15, -0.1) is 11.3 Å². The fourth-order valence-corrected chi connectivity index (χ4v) is 3.72. The normalized spacial score (nSPS) is 18.1. The lowest BCUT2D eigenvalue weighted by molar-refractivity contribution is 0.185. The maximum absolute atomic E-state index is 6.13. The minimum atomic E-state index is 0.545. The molecule has 1 aliphatic heterocycles. The Hall–Kier alpha value is -1.98. The highest BCUT2D eigenvalue weighted by atomic mass is 32.1. The number of fused-ring (bicyclic) bond motifs is 1. The molecular formula is C17H17N3OS. The first-order valence-electron chi connectivity index (χ1n) is 7.47. The zero-order valence-corrected chi connectivity index (χ0v) is 13.0. The highest BCUT2D eigenvalue weighted by molar-refractivity contribution is 7.13. The van der Waals surface area contributed by atoms with Gasteiger partial charge < -0.3 is 10.5 Å². The zero-order chi connectivity index (χ0) is 14.9. The quantitative estimate of drug-likeness (QED) is 0.804. The van der Waals surface area contributed by atoms with Crippen LogP contribution in [0.15, 0.2) is 35.7 Å². The Bertz CT molecular complexity index is 809. The summed E-state index contributed by atoms with van der Waals surface area (Å²) >= 11 is 1.64. The summed E-state index contributed by atoms with van der Waals surface area (Å²) in [6.07, 6.45) is 2.12. The van der Waals surface area contributed by atoms with Crippen LogP contribution in [-0.4, -0.2) is 23.2 Å². The number of rotatable bonds is 3. The number of anilines is 1. The van der Waals surface area contributed by atoms with Gasteiger partial charge in [0.25, 0.3) is 0 Å². The number of aromatic nitrogens is 2. The van der Waals surface area contributed by atoms with Crippen LogP contribution in [0.3, 0.4) is 0 Å². The van der Waals surface area contributed by atoms with Gasteiger partial charge in [-0.1, -0.05) is 18.2 Å². The summed E-state index contributed by atoms with van der Waals surface area (Å²) in [5, 5.41) is 4.17. The smallest absolute Gasteiger partial charge is 0.134 e. The monoisotopic (exact) mass is 311 g/mol. The molecule has 1 saturated heterocycles. The van der Waals surface area contributed by atoms with E-state index in [4.69, 9.17) is 15.5 Å². The molecule has 1 aliphatic rings. The van der Waals surface area contributed by atoms with E-state index in [0.717, 1.165) is 53.2 Å². The first-order valence-corrected chi connectivity index (χ1v) is 8.35. The summed E-state index contributed by atoms with van der Waals surface area (Å²) in [5.74, 6) is 1.14. The third kappa shape index (κ3) is 2.58. The number of hydrogen-bond acceptors (Lipinski definition) is 5. The summed E-state index contributed by atoms with van der Waals surface area (Å²) in [5.41, 5.74) is 9.10. The Kier molecular flexibility index (Phi) is 3.52. The number of nitrogens with two attached hydrogens (primary N) is 1. The van der Waals surface area contributed by atoms with Crippen molar-refractivity contribution in [2.45, 2.75) is 12.8 Å². The van der Waals surface area contributed by atoms with Gasteiger partial charge in [-0.25, -0.2) is 9.97 Å². The lowest BCUT2D eigenvalue weighted by Gasteiger charge is -2.05. The molecule has 1 atom stereocenters. The van der Waals surface area contributed by atoms with Crippen LogP contribution in [0, 0.1) is 5.92 Å². The zero-order valence-electron chi connectivity index (χ0n) is 12.2. The third-order valence-electron chi connectivity index (χ3n) is 4.06. The Morgan fingerprint density at radius 2 is 2.18 bits per heavy atom. The molecule has 3 aromatic rings. The topological polar surface area (TPSA) is 61.0 Å². The van der Waals surface area contributed by atoms with Gasteiger partial charge >= 0.3 is 0 Å². The number of para-hydroxylation sites is 1. The van der Waals surface area contributed by atoms with Crippen molar-refractivity contribution in [2.24, 2.45) is 5.92 Å². The Labute approximate surface area is 133 Å². The number of nitrogens with zero attached hydrogens (tertiary/aromatic N) is 2. The number of hydrogen-bond donors (Lipinski definition) is 1. The van der Waals surface area contributed by atoms with Crippen molar-refractivity contribution in [3.63, 3.8) is 0 Å². The Morgan fingerprint density at radius 3 is 3.05 bits per heavy atom. The van der Waals surface area contributed by atoms with Gasteiger partial charge in [0.05, 0.1) is 16.8 Å². The second-order valence-electron chi connectivity index (χ2n) is 5.69. The highest BCUT2D eigenvalue weighted by Crippen LogP contribution is 2.31. The predicted molar refractivity (Wildman–Crippen MR) is 89.9 cm³/mol. The van der Waals surface area contributed by atoms with E-state index in [2.05, 4.69) is 22.5 Å². The fraction of sp³-hybridized carbons (Fsp3) is 0.294. The van der Waals surface area contributed by atoms with Crippen LogP contribution in [0.1, 0.15) is 12.1 Å². The maximum atomic E-state index is 6.13. The van der Waals surface area contributed by atoms with Crippen molar-refractivity contribution >= 4 is 28.1 Å². The molecule has 4 rings (SSSR count). The molecule has 112 valence electrons. The van der Waals surface area contributed by atoms with Crippen molar-refractivity contribution in [3.05, 3.63) is 41.4 Å². The molecule has 5 heteroatoms. The van der Waals surface area contributed by atoms with E-state index in [-0.39, 0.29) is 0 Å². The summed E-state index contributed by atoms with van der Waals surface area (Å²) < 4.78 is 5.43. The molecule has 0 aliphatic carbocycles. The largest absolute Gasteiger partial charge is 0.383 e. The average molecular weight is 311 g/mol. The van der Waals surface area contributed by atoms with Crippen LogP contribution in [-0.2, 0) is 11.2 Å². The van der Waals surface area contributed by atoms with Crippen molar-refractivity contribution < 1.29 is 4.74 Å². The maximum Gasteiger partial charge on any atom is 0.134 e. The number of benzene rings is 1. The van der Waals surface area contributed by atoms with E-state index in [1.54, 1.807) is 11.3 Å². The molecule has 0 saturated carbocycles. The van der Waals surface area contributed by atoms with Crippen molar-refractivity contribution in [3.8, 4) is 10.6 Å².